The average molecular weight is 564 g/mol. The Labute approximate surface area is 238 Å². The first-order chi connectivity index (χ1) is 19.8. The van der Waals surface area contributed by atoms with Gasteiger partial charge in [0.05, 0.1) is 19.8 Å². The molecular weight excluding hydrogens is 528 g/mol. The molecule has 0 saturated carbocycles. The van der Waals surface area contributed by atoms with Gasteiger partial charge in [0.15, 0.2) is 0 Å². The Kier molecular flexibility index (Phi) is 7.83. The summed E-state index contributed by atoms with van der Waals surface area (Å²) in [5.41, 5.74) is 4.55. The first kappa shape index (κ1) is 27.5. The largest absolute Gasteiger partial charge is 0.379 e. The van der Waals surface area contributed by atoms with Gasteiger partial charge in [-0.2, -0.15) is 4.98 Å². The van der Waals surface area contributed by atoms with Gasteiger partial charge in [-0.25, -0.2) is 13.8 Å². The highest BCUT2D eigenvalue weighted by Crippen LogP contribution is 2.35. The van der Waals surface area contributed by atoms with E-state index in [4.69, 9.17) is 9.72 Å². The number of nitrogens with zero attached hydrogens (tertiary/aromatic N) is 6. The second-order valence-corrected chi connectivity index (χ2v) is 11.0. The molecule has 3 aliphatic rings. The fourth-order valence-corrected chi connectivity index (χ4v) is 5.57. The zero-order valence-corrected chi connectivity index (χ0v) is 23.5. The summed E-state index contributed by atoms with van der Waals surface area (Å²) in [6.45, 7) is 7.95. The smallest absolute Gasteiger partial charge is 0.236 e. The fourth-order valence-electron chi connectivity index (χ4n) is 5.57. The number of likely N-dealkylation sites (N-methyl/N-ethyl adjacent to an activating group) is 1. The standard InChI is InChI=1S/C30H35F2N7O2/c1-20-3-4-23(13-22(20)17-38-8-7-36(2)28(40)19-38)34-30-33-16-21-5-6-39(29(21)35-30)24-14-26(31)25(27(32)15-24)18-37-9-11-41-12-10-37/h3-4,13-16H,5-12,17-19H2,1-2H3,(H,33,34,35). The van der Waals surface area contributed by atoms with E-state index in [1.54, 1.807) is 11.1 Å². The summed E-state index contributed by atoms with van der Waals surface area (Å²) in [6.07, 6.45) is 2.46. The lowest BCUT2D eigenvalue weighted by atomic mass is 10.1. The molecule has 1 aromatic heterocycles. The lowest BCUT2D eigenvalue weighted by Crippen LogP contribution is -2.48. The molecule has 3 aliphatic heterocycles. The van der Waals surface area contributed by atoms with E-state index >= 15 is 8.78 Å². The number of fused-ring (bicyclic) bond motifs is 1. The zero-order valence-electron chi connectivity index (χ0n) is 23.5. The quantitative estimate of drug-likeness (QED) is 0.468. The van der Waals surface area contributed by atoms with Crippen LogP contribution < -0.4 is 10.2 Å². The monoisotopic (exact) mass is 563 g/mol. The summed E-state index contributed by atoms with van der Waals surface area (Å²) >= 11 is 0. The minimum atomic E-state index is -0.554. The number of halogens is 2. The van der Waals surface area contributed by atoms with Gasteiger partial charge < -0.3 is 19.9 Å². The number of carbonyl (C=O) groups is 1. The predicted molar refractivity (Wildman–Crippen MR) is 153 cm³/mol. The van der Waals surface area contributed by atoms with Gasteiger partial charge in [0.25, 0.3) is 0 Å². The van der Waals surface area contributed by atoms with Crippen molar-refractivity contribution in [1.29, 1.82) is 0 Å². The van der Waals surface area contributed by atoms with E-state index in [9.17, 15) is 4.79 Å². The molecule has 1 N–H and O–H groups in total. The molecule has 2 aromatic carbocycles. The van der Waals surface area contributed by atoms with Gasteiger partial charge in [0, 0.05) is 81.6 Å². The van der Waals surface area contributed by atoms with Crippen LogP contribution in [0.3, 0.4) is 0 Å². The van der Waals surface area contributed by atoms with Gasteiger partial charge in [-0.1, -0.05) is 6.07 Å². The predicted octanol–water partition coefficient (Wildman–Crippen LogP) is 3.61. The molecular formula is C30H35F2N7O2. The van der Waals surface area contributed by atoms with Crippen LogP contribution in [0.2, 0.25) is 0 Å². The number of amides is 1. The maximum Gasteiger partial charge on any atom is 0.236 e. The Balaban J connectivity index is 1.18. The van der Waals surface area contributed by atoms with Crippen LogP contribution in [-0.4, -0.2) is 90.1 Å². The molecule has 0 aliphatic carbocycles. The van der Waals surface area contributed by atoms with Crippen molar-refractivity contribution in [2.24, 2.45) is 0 Å². The fraction of sp³-hybridized carbons (Fsp3) is 0.433. The number of benzene rings is 2. The van der Waals surface area contributed by atoms with Crippen LogP contribution in [0.15, 0.2) is 36.5 Å². The molecule has 0 unspecified atom stereocenters. The van der Waals surface area contributed by atoms with E-state index in [1.165, 1.54) is 12.1 Å². The highest BCUT2D eigenvalue weighted by molar-refractivity contribution is 5.78. The Hall–Kier alpha value is -3.67. The Bertz CT molecular complexity index is 1420. The number of morpholine rings is 1. The number of hydrogen-bond donors (Lipinski definition) is 1. The van der Waals surface area contributed by atoms with Gasteiger partial charge in [0.1, 0.15) is 17.5 Å². The van der Waals surface area contributed by atoms with E-state index < -0.39 is 11.6 Å². The highest BCUT2D eigenvalue weighted by Gasteiger charge is 2.26. The first-order valence-corrected chi connectivity index (χ1v) is 14.1. The number of ether oxygens (including phenoxy) is 1. The molecule has 2 saturated heterocycles. The number of rotatable bonds is 7. The summed E-state index contributed by atoms with van der Waals surface area (Å²) < 4.78 is 35.6. The minimum Gasteiger partial charge on any atom is -0.379 e. The normalized spacial score (nSPS) is 18.2. The molecule has 0 radical (unpaired) electrons. The summed E-state index contributed by atoms with van der Waals surface area (Å²) in [5.74, 6) is 0.0737. The molecule has 3 aromatic rings. The summed E-state index contributed by atoms with van der Waals surface area (Å²) in [6, 6.07) is 8.88. The van der Waals surface area contributed by atoms with E-state index in [2.05, 4.69) is 28.2 Å². The van der Waals surface area contributed by atoms with Crippen molar-refractivity contribution in [2.45, 2.75) is 26.4 Å². The van der Waals surface area contributed by atoms with E-state index in [1.807, 2.05) is 29.0 Å². The van der Waals surface area contributed by atoms with Crippen molar-refractivity contribution < 1.29 is 18.3 Å². The van der Waals surface area contributed by atoms with Crippen LogP contribution in [0.4, 0.5) is 31.9 Å². The number of aryl methyl sites for hydroxylation is 1. The van der Waals surface area contributed by atoms with Crippen molar-refractivity contribution in [3.63, 3.8) is 0 Å². The molecule has 0 bridgehead atoms. The lowest BCUT2D eigenvalue weighted by Gasteiger charge is -2.32. The third kappa shape index (κ3) is 6.02. The second kappa shape index (κ2) is 11.7. The number of aromatic nitrogens is 2. The Morgan fingerprint density at radius 2 is 1.76 bits per heavy atom. The number of nitrogens with one attached hydrogen (secondary N) is 1. The Morgan fingerprint density at radius 1 is 0.976 bits per heavy atom. The molecule has 0 atom stereocenters. The van der Waals surface area contributed by atoms with Crippen LogP contribution in [0.5, 0.6) is 0 Å². The minimum absolute atomic E-state index is 0.0798. The molecule has 11 heteroatoms. The van der Waals surface area contributed by atoms with Crippen LogP contribution >= 0.6 is 0 Å². The summed E-state index contributed by atoms with van der Waals surface area (Å²) in [4.78, 5) is 29.2. The number of carbonyl (C=O) groups excluding carboxylic acids is 1. The number of anilines is 4. The van der Waals surface area contributed by atoms with Crippen molar-refractivity contribution in [1.82, 2.24) is 24.7 Å². The van der Waals surface area contributed by atoms with Crippen LogP contribution in [0, 0.1) is 18.6 Å². The number of piperazine rings is 1. The Morgan fingerprint density at radius 3 is 2.51 bits per heavy atom. The van der Waals surface area contributed by atoms with Crippen molar-refractivity contribution in [2.75, 3.05) is 69.7 Å². The SMILES string of the molecule is Cc1ccc(Nc2ncc3c(n2)N(c2cc(F)c(CN4CCOCC4)c(F)c2)CC3)cc1CN1CCN(C)C(=O)C1. The average Bonchev–Trinajstić information content (AvgIpc) is 3.38. The molecule has 41 heavy (non-hydrogen) atoms. The van der Waals surface area contributed by atoms with Crippen LogP contribution in [-0.2, 0) is 29.0 Å². The van der Waals surface area contributed by atoms with Crippen molar-refractivity contribution in [3.8, 4) is 0 Å². The topological polar surface area (TPSA) is 77.1 Å². The van der Waals surface area contributed by atoms with Gasteiger partial charge in [0.2, 0.25) is 11.9 Å². The summed E-state index contributed by atoms with van der Waals surface area (Å²) in [7, 11) is 1.84. The third-order valence-corrected chi connectivity index (χ3v) is 8.16. The van der Waals surface area contributed by atoms with E-state index in [0.29, 0.717) is 69.8 Å². The first-order valence-electron chi connectivity index (χ1n) is 14.1. The number of hydrogen-bond acceptors (Lipinski definition) is 8. The molecule has 9 nitrogen and oxygen atoms in total. The van der Waals surface area contributed by atoms with Crippen LogP contribution in [0.25, 0.3) is 0 Å². The summed E-state index contributed by atoms with van der Waals surface area (Å²) in [5, 5.41) is 3.30. The third-order valence-electron chi connectivity index (χ3n) is 8.16. The van der Waals surface area contributed by atoms with Gasteiger partial charge in [-0.05, 0) is 48.7 Å². The van der Waals surface area contributed by atoms with Gasteiger partial charge in [-0.15, -0.1) is 0 Å². The molecule has 1 amide bonds. The van der Waals surface area contributed by atoms with Gasteiger partial charge >= 0.3 is 0 Å². The van der Waals surface area contributed by atoms with Crippen molar-refractivity contribution >= 4 is 29.0 Å². The highest BCUT2D eigenvalue weighted by atomic mass is 19.1. The van der Waals surface area contributed by atoms with Gasteiger partial charge in [-0.3, -0.25) is 14.6 Å². The molecule has 2 fully saturated rings. The maximum atomic E-state index is 15.1. The van der Waals surface area contributed by atoms with Crippen molar-refractivity contribution in [3.05, 3.63) is 70.4 Å². The van der Waals surface area contributed by atoms with E-state index in [0.717, 1.165) is 35.5 Å². The molecule has 6 rings (SSSR count). The van der Waals surface area contributed by atoms with E-state index in [-0.39, 0.29) is 18.0 Å². The molecule has 216 valence electrons. The van der Waals surface area contributed by atoms with Crippen LogP contribution in [0.1, 0.15) is 22.3 Å². The maximum absolute atomic E-state index is 15.1. The zero-order chi connectivity index (χ0) is 28.5. The molecule has 4 heterocycles. The lowest BCUT2D eigenvalue weighted by molar-refractivity contribution is -0.134. The second-order valence-electron chi connectivity index (χ2n) is 11.0. The molecule has 0 spiro atoms.